The average molecular weight is 615 g/mol. The molecule has 0 bridgehead atoms. The van der Waals surface area contributed by atoms with Crippen LogP contribution in [0.2, 0.25) is 0 Å². The standard InChI is InChI=1S/C42H34N2O3/c45-38-33(25-29-15-5-1-6-16-29)27-44(26-30-17-7-2-8-18-30)28-41(38)36(31-19-9-3-10-20-31)37(32-21-11-4-12-22-32)43-42(41)39(46)34-23-13-14-24-35(34)40(42)47/h1-25,36-37,43H,26-28H2/b33-25+. The van der Waals surface area contributed by atoms with E-state index in [1.165, 1.54) is 0 Å². The second kappa shape index (κ2) is 11.5. The van der Waals surface area contributed by atoms with Crippen LogP contribution >= 0.6 is 0 Å². The van der Waals surface area contributed by atoms with Gasteiger partial charge in [0.2, 0.25) is 0 Å². The van der Waals surface area contributed by atoms with Crippen molar-refractivity contribution in [1.29, 1.82) is 0 Å². The summed E-state index contributed by atoms with van der Waals surface area (Å²) in [5.74, 6) is -1.34. The Hall–Kier alpha value is -5.23. The lowest BCUT2D eigenvalue weighted by Crippen LogP contribution is -2.69. The molecule has 0 radical (unpaired) electrons. The molecule has 2 saturated heterocycles. The third kappa shape index (κ3) is 4.49. The van der Waals surface area contributed by atoms with E-state index in [1.54, 1.807) is 24.3 Å². The molecular formula is C42H34N2O3. The van der Waals surface area contributed by atoms with Crippen molar-refractivity contribution in [1.82, 2.24) is 10.2 Å². The van der Waals surface area contributed by atoms with Gasteiger partial charge in [0, 0.05) is 48.3 Å². The van der Waals surface area contributed by atoms with Gasteiger partial charge in [0.05, 0.1) is 5.41 Å². The van der Waals surface area contributed by atoms with Crippen LogP contribution in [0.15, 0.2) is 151 Å². The second-order valence-corrected chi connectivity index (χ2v) is 12.9. The molecule has 3 unspecified atom stereocenters. The van der Waals surface area contributed by atoms with Crippen LogP contribution in [0.4, 0.5) is 0 Å². The lowest BCUT2D eigenvalue weighted by atomic mass is 9.55. The zero-order valence-corrected chi connectivity index (χ0v) is 25.9. The summed E-state index contributed by atoms with van der Waals surface area (Å²) < 4.78 is 0. The Morgan fingerprint density at radius 1 is 0.617 bits per heavy atom. The Bertz CT molecular complexity index is 1970. The summed E-state index contributed by atoms with van der Waals surface area (Å²) in [6.07, 6.45) is 1.95. The number of rotatable bonds is 5. The Kier molecular flexibility index (Phi) is 7.16. The van der Waals surface area contributed by atoms with Crippen LogP contribution in [-0.2, 0) is 11.3 Å². The topological polar surface area (TPSA) is 66.5 Å². The van der Waals surface area contributed by atoms with Crippen molar-refractivity contribution in [2.24, 2.45) is 5.41 Å². The van der Waals surface area contributed by atoms with Gasteiger partial charge in [-0.2, -0.15) is 0 Å². The first-order valence-electron chi connectivity index (χ1n) is 16.2. The predicted molar refractivity (Wildman–Crippen MR) is 183 cm³/mol. The highest BCUT2D eigenvalue weighted by atomic mass is 16.2. The molecule has 0 aromatic heterocycles. The molecule has 5 aromatic carbocycles. The minimum absolute atomic E-state index is 0.153. The molecule has 0 amide bonds. The SMILES string of the molecule is O=C1c2ccccc2C(=O)C12NC(c1ccccc1)C(c1ccccc1)C21CN(Cc2ccccc2)C/C(=C\c2ccccc2)C1=O. The molecule has 1 N–H and O–H groups in total. The largest absolute Gasteiger partial charge is 0.294 e. The number of nitrogens with zero attached hydrogens (tertiary/aromatic N) is 1. The molecule has 2 spiro atoms. The molecule has 2 fully saturated rings. The summed E-state index contributed by atoms with van der Waals surface area (Å²) in [7, 11) is 0. The summed E-state index contributed by atoms with van der Waals surface area (Å²) in [5, 5.41) is 3.66. The number of likely N-dealkylation sites (tertiary alicyclic amines) is 1. The first-order valence-corrected chi connectivity index (χ1v) is 16.2. The van der Waals surface area contributed by atoms with E-state index in [0.717, 1.165) is 22.3 Å². The molecule has 0 saturated carbocycles. The summed E-state index contributed by atoms with van der Waals surface area (Å²) in [6, 6.07) is 46.4. The number of fused-ring (bicyclic) bond motifs is 2. The number of benzene rings is 5. The van der Waals surface area contributed by atoms with Gasteiger partial charge < -0.3 is 0 Å². The van der Waals surface area contributed by atoms with Gasteiger partial charge in [-0.1, -0.05) is 146 Å². The van der Waals surface area contributed by atoms with Crippen molar-refractivity contribution in [2.45, 2.75) is 24.0 Å². The van der Waals surface area contributed by atoms with Crippen molar-refractivity contribution >= 4 is 23.4 Å². The number of ketones is 3. The summed E-state index contributed by atoms with van der Waals surface area (Å²) in [5.41, 5.74) is 1.89. The molecule has 5 aromatic rings. The van der Waals surface area contributed by atoms with Crippen molar-refractivity contribution in [3.05, 3.63) is 185 Å². The zero-order valence-electron chi connectivity index (χ0n) is 25.9. The Labute approximate surface area is 274 Å². The molecule has 2 aliphatic heterocycles. The van der Waals surface area contributed by atoms with Crippen molar-refractivity contribution < 1.29 is 14.4 Å². The third-order valence-corrected chi connectivity index (χ3v) is 10.3. The first-order chi connectivity index (χ1) is 23.0. The minimum Gasteiger partial charge on any atom is -0.294 e. The Morgan fingerprint density at radius 3 is 1.72 bits per heavy atom. The maximum atomic E-state index is 15.7. The number of carbonyl (C=O) groups excluding carboxylic acids is 3. The van der Waals surface area contributed by atoms with Crippen LogP contribution in [0.3, 0.4) is 0 Å². The van der Waals surface area contributed by atoms with Gasteiger partial charge in [-0.25, -0.2) is 0 Å². The van der Waals surface area contributed by atoms with E-state index in [1.807, 2.05) is 115 Å². The molecule has 3 aliphatic rings. The fourth-order valence-electron chi connectivity index (χ4n) is 8.38. The quantitative estimate of drug-likeness (QED) is 0.169. The van der Waals surface area contributed by atoms with E-state index in [0.29, 0.717) is 29.8 Å². The van der Waals surface area contributed by atoms with Crippen LogP contribution in [-0.4, -0.2) is 40.9 Å². The van der Waals surface area contributed by atoms with E-state index in [2.05, 4.69) is 22.3 Å². The van der Waals surface area contributed by atoms with Gasteiger partial charge in [-0.05, 0) is 28.3 Å². The normalized spacial score (nSPS) is 24.3. The second-order valence-electron chi connectivity index (χ2n) is 12.9. The maximum Gasteiger partial charge on any atom is 0.192 e. The summed E-state index contributed by atoms with van der Waals surface area (Å²) in [4.78, 5) is 48.0. The van der Waals surface area contributed by atoms with E-state index in [9.17, 15) is 0 Å². The van der Waals surface area contributed by atoms with E-state index >= 15 is 14.4 Å². The van der Waals surface area contributed by atoms with E-state index in [4.69, 9.17) is 0 Å². The fraction of sp³-hybridized carbons (Fsp3) is 0.167. The molecule has 5 heteroatoms. The van der Waals surface area contributed by atoms with Crippen LogP contribution in [0.5, 0.6) is 0 Å². The zero-order chi connectivity index (χ0) is 32.0. The number of nitrogens with one attached hydrogen (secondary N) is 1. The van der Waals surface area contributed by atoms with Crippen molar-refractivity contribution in [2.75, 3.05) is 13.1 Å². The maximum absolute atomic E-state index is 15.7. The number of carbonyl (C=O) groups is 3. The van der Waals surface area contributed by atoms with Gasteiger partial charge in [-0.15, -0.1) is 0 Å². The highest BCUT2D eigenvalue weighted by Crippen LogP contribution is 2.63. The van der Waals surface area contributed by atoms with Crippen LogP contribution in [0.1, 0.15) is 54.9 Å². The van der Waals surface area contributed by atoms with Crippen molar-refractivity contribution in [3.63, 3.8) is 0 Å². The van der Waals surface area contributed by atoms with Gasteiger partial charge in [0.15, 0.2) is 22.9 Å². The number of hydrogen-bond acceptors (Lipinski definition) is 5. The summed E-state index contributed by atoms with van der Waals surface area (Å²) in [6.45, 7) is 1.19. The van der Waals surface area contributed by atoms with Gasteiger partial charge in [0.25, 0.3) is 0 Å². The molecule has 8 rings (SSSR count). The minimum atomic E-state index is -1.81. The molecule has 1 aliphatic carbocycles. The number of Topliss-reactive ketones (excluding diaryl/α,β-unsaturated/α-hetero) is 3. The molecule has 5 nitrogen and oxygen atoms in total. The van der Waals surface area contributed by atoms with E-state index in [-0.39, 0.29) is 23.9 Å². The molecule has 2 heterocycles. The first kappa shape index (κ1) is 29.2. The van der Waals surface area contributed by atoms with E-state index < -0.39 is 22.9 Å². The third-order valence-electron chi connectivity index (χ3n) is 10.3. The van der Waals surface area contributed by atoms with Crippen LogP contribution < -0.4 is 5.32 Å². The highest BCUT2D eigenvalue weighted by molar-refractivity contribution is 6.36. The molecule has 230 valence electrons. The smallest absolute Gasteiger partial charge is 0.192 e. The Morgan fingerprint density at radius 2 is 1.13 bits per heavy atom. The number of piperidine rings is 1. The van der Waals surface area contributed by atoms with Gasteiger partial charge in [-0.3, -0.25) is 24.6 Å². The fourth-order valence-corrected chi connectivity index (χ4v) is 8.38. The highest BCUT2D eigenvalue weighted by Gasteiger charge is 2.77. The predicted octanol–water partition coefficient (Wildman–Crippen LogP) is 7.09. The van der Waals surface area contributed by atoms with Crippen LogP contribution in [0, 0.1) is 5.41 Å². The molecule has 3 atom stereocenters. The summed E-state index contributed by atoms with van der Waals surface area (Å²) >= 11 is 0. The molecule has 47 heavy (non-hydrogen) atoms. The average Bonchev–Trinajstić information content (AvgIpc) is 3.54. The lowest BCUT2D eigenvalue weighted by Gasteiger charge is -2.49. The molecular weight excluding hydrogens is 580 g/mol. The van der Waals surface area contributed by atoms with Crippen molar-refractivity contribution in [3.8, 4) is 0 Å². The Balaban J connectivity index is 1.42. The van der Waals surface area contributed by atoms with Gasteiger partial charge in [0.1, 0.15) is 0 Å². The lowest BCUT2D eigenvalue weighted by molar-refractivity contribution is -0.131. The monoisotopic (exact) mass is 614 g/mol. The van der Waals surface area contributed by atoms with Crippen LogP contribution in [0.25, 0.3) is 6.08 Å². The van der Waals surface area contributed by atoms with Gasteiger partial charge >= 0.3 is 0 Å². The number of hydrogen-bond donors (Lipinski definition) is 1.